The van der Waals surface area contributed by atoms with Crippen LogP contribution in [0.3, 0.4) is 0 Å². The van der Waals surface area contributed by atoms with Gasteiger partial charge in [0.2, 0.25) is 0 Å². The lowest BCUT2D eigenvalue weighted by Crippen LogP contribution is -2.36. The topological polar surface area (TPSA) is 62.5 Å². The van der Waals surface area contributed by atoms with E-state index in [4.69, 9.17) is 9.52 Å². The van der Waals surface area contributed by atoms with Crippen LogP contribution in [-0.4, -0.2) is 23.7 Å². The van der Waals surface area contributed by atoms with Crippen LogP contribution in [-0.2, 0) is 0 Å². The molecular formula is C9H13NO3. The third kappa shape index (κ3) is 2.59. The van der Waals surface area contributed by atoms with Crippen molar-refractivity contribution in [1.82, 2.24) is 5.32 Å². The van der Waals surface area contributed by atoms with Crippen LogP contribution < -0.4 is 5.32 Å². The van der Waals surface area contributed by atoms with Crippen molar-refractivity contribution in [2.24, 2.45) is 0 Å². The smallest absolute Gasteiger partial charge is 0.254 e. The number of amides is 1. The first kappa shape index (κ1) is 9.80. The van der Waals surface area contributed by atoms with E-state index in [0.29, 0.717) is 12.0 Å². The minimum Gasteiger partial charge on any atom is -0.472 e. The summed E-state index contributed by atoms with van der Waals surface area (Å²) >= 11 is 0. The third-order valence-electron chi connectivity index (χ3n) is 1.83. The van der Waals surface area contributed by atoms with Crippen LogP contribution in [0.15, 0.2) is 23.0 Å². The first-order valence-corrected chi connectivity index (χ1v) is 4.21. The number of hydrogen-bond donors (Lipinski definition) is 2. The van der Waals surface area contributed by atoms with Crippen LogP contribution >= 0.6 is 0 Å². The van der Waals surface area contributed by atoms with Gasteiger partial charge in [0.15, 0.2) is 0 Å². The van der Waals surface area contributed by atoms with Gasteiger partial charge in [-0.1, -0.05) is 6.92 Å². The largest absolute Gasteiger partial charge is 0.472 e. The average molecular weight is 183 g/mol. The zero-order chi connectivity index (χ0) is 9.68. The maximum atomic E-state index is 11.4. The number of aliphatic hydroxyl groups excluding tert-OH is 1. The van der Waals surface area contributed by atoms with Gasteiger partial charge in [-0.2, -0.15) is 0 Å². The standard InChI is InChI=1S/C9H13NO3/c1-2-8(5-11)10-9(12)7-3-4-13-6-7/h3-4,6,8,11H,2,5H2,1H3,(H,10,12)/t8-/m0/s1. The Bertz CT molecular complexity index is 252. The fourth-order valence-corrected chi connectivity index (χ4v) is 0.939. The number of hydrogen-bond acceptors (Lipinski definition) is 3. The Kier molecular flexibility index (Phi) is 3.52. The highest BCUT2D eigenvalue weighted by atomic mass is 16.3. The predicted octanol–water partition coefficient (Wildman–Crippen LogP) is 0.780. The molecule has 0 aliphatic rings. The molecule has 0 fully saturated rings. The van der Waals surface area contributed by atoms with Gasteiger partial charge in [0.1, 0.15) is 6.26 Å². The maximum Gasteiger partial charge on any atom is 0.254 e. The van der Waals surface area contributed by atoms with Crippen LogP contribution in [0.1, 0.15) is 23.7 Å². The molecule has 1 heterocycles. The van der Waals surface area contributed by atoms with Gasteiger partial charge in [-0.05, 0) is 12.5 Å². The quantitative estimate of drug-likeness (QED) is 0.725. The van der Waals surface area contributed by atoms with Gasteiger partial charge in [0.05, 0.1) is 24.5 Å². The summed E-state index contributed by atoms with van der Waals surface area (Å²) in [6.45, 7) is 1.86. The molecule has 0 aliphatic heterocycles. The van der Waals surface area contributed by atoms with Gasteiger partial charge >= 0.3 is 0 Å². The van der Waals surface area contributed by atoms with Gasteiger partial charge in [0, 0.05) is 0 Å². The van der Waals surface area contributed by atoms with E-state index in [1.807, 2.05) is 6.92 Å². The van der Waals surface area contributed by atoms with E-state index in [1.54, 1.807) is 6.07 Å². The van der Waals surface area contributed by atoms with E-state index in [-0.39, 0.29) is 18.6 Å². The van der Waals surface area contributed by atoms with E-state index < -0.39 is 0 Å². The normalized spacial score (nSPS) is 12.5. The Morgan fingerprint density at radius 1 is 1.77 bits per heavy atom. The SMILES string of the molecule is CC[C@@H](CO)NC(=O)c1ccoc1. The highest BCUT2D eigenvalue weighted by Crippen LogP contribution is 2.00. The first-order chi connectivity index (χ1) is 6.27. The zero-order valence-electron chi connectivity index (χ0n) is 7.49. The molecule has 1 aromatic heterocycles. The van der Waals surface area contributed by atoms with Crippen molar-refractivity contribution in [2.75, 3.05) is 6.61 Å². The Labute approximate surface area is 76.6 Å². The molecule has 0 unspecified atom stereocenters. The van der Waals surface area contributed by atoms with Crippen molar-refractivity contribution < 1.29 is 14.3 Å². The lowest BCUT2D eigenvalue weighted by atomic mass is 10.2. The summed E-state index contributed by atoms with van der Waals surface area (Å²) in [7, 11) is 0. The molecule has 0 bridgehead atoms. The van der Waals surface area contributed by atoms with E-state index in [9.17, 15) is 4.79 Å². The minimum atomic E-state index is -0.213. The summed E-state index contributed by atoms with van der Waals surface area (Å²) < 4.78 is 4.76. The van der Waals surface area contributed by atoms with Gasteiger partial charge < -0.3 is 14.8 Å². The molecule has 0 aromatic carbocycles. The number of carbonyl (C=O) groups excluding carboxylic acids is 1. The van der Waals surface area contributed by atoms with Crippen LogP contribution in [0.25, 0.3) is 0 Å². The highest BCUT2D eigenvalue weighted by molar-refractivity contribution is 5.93. The second-order valence-electron chi connectivity index (χ2n) is 2.77. The number of aliphatic hydroxyl groups is 1. The summed E-state index contributed by atoms with van der Waals surface area (Å²) in [5, 5.41) is 11.5. The molecule has 1 rings (SSSR count). The summed E-state index contributed by atoms with van der Waals surface area (Å²) in [5.74, 6) is -0.213. The van der Waals surface area contributed by atoms with E-state index >= 15 is 0 Å². The first-order valence-electron chi connectivity index (χ1n) is 4.21. The maximum absolute atomic E-state index is 11.4. The van der Waals surface area contributed by atoms with Gasteiger partial charge in [-0.15, -0.1) is 0 Å². The zero-order valence-corrected chi connectivity index (χ0v) is 7.49. The summed E-state index contributed by atoms with van der Waals surface area (Å²) in [6.07, 6.45) is 3.52. The van der Waals surface area contributed by atoms with Crippen LogP contribution in [0.5, 0.6) is 0 Å². The molecule has 1 amide bonds. The molecule has 4 heteroatoms. The number of nitrogens with one attached hydrogen (secondary N) is 1. The van der Waals surface area contributed by atoms with Crippen LogP contribution in [0.2, 0.25) is 0 Å². The molecule has 0 radical (unpaired) electrons. The Morgan fingerprint density at radius 3 is 3.00 bits per heavy atom. The van der Waals surface area contributed by atoms with Crippen molar-refractivity contribution in [2.45, 2.75) is 19.4 Å². The summed E-state index contributed by atoms with van der Waals surface area (Å²) in [4.78, 5) is 11.4. The Balaban J connectivity index is 2.50. The number of furan rings is 1. The third-order valence-corrected chi connectivity index (χ3v) is 1.83. The van der Waals surface area contributed by atoms with Gasteiger partial charge in [0.25, 0.3) is 5.91 Å². The molecule has 2 N–H and O–H groups in total. The van der Waals surface area contributed by atoms with E-state index in [1.165, 1.54) is 12.5 Å². The molecule has 72 valence electrons. The predicted molar refractivity (Wildman–Crippen MR) is 47.3 cm³/mol. The molecule has 0 saturated heterocycles. The monoisotopic (exact) mass is 183 g/mol. The lowest BCUT2D eigenvalue weighted by molar-refractivity contribution is 0.0914. The van der Waals surface area contributed by atoms with Gasteiger partial charge in [-0.3, -0.25) is 4.79 Å². The summed E-state index contributed by atoms with van der Waals surface area (Å²) in [6, 6.07) is 1.40. The molecular weight excluding hydrogens is 170 g/mol. The molecule has 0 saturated carbocycles. The molecule has 4 nitrogen and oxygen atoms in total. The number of carbonyl (C=O) groups is 1. The molecule has 13 heavy (non-hydrogen) atoms. The second kappa shape index (κ2) is 4.67. The number of rotatable bonds is 4. The Hall–Kier alpha value is -1.29. The van der Waals surface area contributed by atoms with Crippen molar-refractivity contribution in [3.8, 4) is 0 Å². The molecule has 0 spiro atoms. The Morgan fingerprint density at radius 2 is 2.54 bits per heavy atom. The molecule has 1 atom stereocenters. The van der Waals surface area contributed by atoms with E-state index in [0.717, 1.165) is 0 Å². The van der Waals surface area contributed by atoms with Crippen molar-refractivity contribution >= 4 is 5.91 Å². The van der Waals surface area contributed by atoms with Crippen molar-refractivity contribution in [3.05, 3.63) is 24.2 Å². The highest BCUT2D eigenvalue weighted by Gasteiger charge is 2.11. The van der Waals surface area contributed by atoms with Crippen molar-refractivity contribution in [1.29, 1.82) is 0 Å². The van der Waals surface area contributed by atoms with E-state index in [2.05, 4.69) is 5.32 Å². The fourth-order valence-electron chi connectivity index (χ4n) is 0.939. The average Bonchev–Trinajstić information content (AvgIpc) is 2.66. The fraction of sp³-hybridized carbons (Fsp3) is 0.444. The second-order valence-corrected chi connectivity index (χ2v) is 2.77. The lowest BCUT2D eigenvalue weighted by Gasteiger charge is -2.12. The summed E-state index contributed by atoms with van der Waals surface area (Å²) in [5.41, 5.74) is 0.479. The minimum absolute atomic E-state index is 0.0416. The molecule has 1 aromatic rings. The van der Waals surface area contributed by atoms with Crippen LogP contribution in [0, 0.1) is 0 Å². The van der Waals surface area contributed by atoms with Crippen molar-refractivity contribution in [3.63, 3.8) is 0 Å². The van der Waals surface area contributed by atoms with Crippen LogP contribution in [0.4, 0.5) is 0 Å². The van der Waals surface area contributed by atoms with Gasteiger partial charge in [-0.25, -0.2) is 0 Å². The molecule has 0 aliphatic carbocycles.